The van der Waals surface area contributed by atoms with Crippen LogP contribution in [-0.2, 0) is 18.9 Å². The molecule has 0 heterocycles. The predicted octanol–water partition coefficient (Wildman–Crippen LogP) is 2.26. The van der Waals surface area contributed by atoms with Gasteiger partial charge in [-0.15, -0.1) is 0 Å². The summed E-state index contributed by atoms with van der Waals surface area (Å²) in [4.78, 5) is 0. The van der Waals surface area contributed by atoms with Gasteiger partial charge in [0.15, 0.2) is 0 Å². The lowest BCUT2D eigenvalue weighted by Gasteiger charge is -2.24. The minimum Gasteiger partial charge on any atom is -0.396 e. The van der Waals surface area contributed by atoms with Crippen molar-refractivity contribution in [3.63, 3.8) is 0 Å². The minimum atomic E-state index is -0.290. The minimum absolute atomic E-state index is 0.140. The molecule has 5 heteroatoms. The van der Waals surface area contributed by atoms with Crippen molar-refractivity contribution >= 4 is 0 Å². The second kappa shape index (κ2) is 13.5. The molecule has 0 atom stereocenters. The quantitative estimate of drug-likeness (QED) is 0.470. The Hall–Kier alpha value is -0.200. The first kappa shape index (κ1) is 20.8. The molecule has 0 radical (unpaired) electrons. The Bertz CT molecular complexity index is 219. The number of rotatable bonds is 15. The van der Waals surface area contributed by atoms with Gasteiger partial charge in [-0.1, -0.05) is 13.8 Å². The van der Waals surface area contributed by atoms with E-state index in [0.717, 1.165) is 13.0 Å². The Morgan fingerprint density at radius 2 is 1.29 bits per heavy atom. The van der Waals surface area contributed by atoms with Gasteiger partial charge in [-0.05, 0) is 32.6 Å². The Morgan fingerprint density at radius 1 is 0.810 bits per heavy atom. The van der Waals surface area contributed by atoms with Crippen molar-refractivity contribution in [3.05, 3.63) is 0 Å². The average Bonchev–Trinajstić information content (AvgIpc) is 2.39. The highest BCUT2D eigenvalue weighted by Gasteiger charge is 2.16. The highest BCUT2D eigenvalue weighted by molar-refractivity contribution is 4.67. The fourth-order valence-electron chi connectivity index (χ4n) is 1.58. The molecule has 0 saturated carbocycles. The van der Waals surface area contributed by atoms with Gasteiger partial charge in [-0.2, -0.15) is 0 Å². The van der Waals surface area contributed by atoms with Gasteiger partial charge in [0.2, 0.25) is 0 Å². The number of aliphatic hydroxyl groups excluding tert-OH is 1. The van der Waals surface area contributed by atoms with Gasteiger partial charge in [-0.25, -0.2) is 0 Å². The van der Waals surface area contributed by atoms with Crippen LogP contribution in [0.4, 0.5) is 0 Å². The molecule has 0 aromatic carbocycles. The average molecular weight is 306 g/mol. The van der Waals surface area contributed by atoms with Crippen LogP contribution < -0.4 is 0 Å². The predicted molar refractivity (Wildman–Crippen MR) is 83.6 cm³/mol. The number of hydrogen-bond acceptors (Lipinski definition) is 5. The molecular formula is C16H34O5. The zero-order valence-electron chi connectivity index (χ0n) is 14.2. The lowest BCUT2D eigenvalue weighted by molar-refractivity contribution is -0.0628. The summed E-state index contributed by atoms with van der Waals surface area (Å²) in [5.74, 6) is 0.684. The number of hydrogen-bond donors (Lipinski definition) is 1. The molecule has 0 aromatic heterocycles. The van der Waals surface area contributed by atoms with Crippen molar-refractivity contribution in [1.29, 1.82) is 0 Å². The van der Waals surface area contributed by atoms with Gasteiger partial charge in [0, 0.05) is 13.2 Å². The van der Waals surface area contributed by atoms with Gasteiger partial charge >= 0.3 is 0 Å². The fourth-order valence-corrected chi connectivity index (χ4v) is 1.58. The van der Waals surface area contributed by atoms with Gasteiger partial charge in [0.25, 0.3) is 0 Å². The summed E-state index contributed by atoms with van der Waals surface area (Å²) in [5.41, 5.74) is -0.290. The van der Waals surface area contributed by atoms with Crippen LogP contribution in [0, 0.1) is 5.92 Å². The van der Waals surface area contributed by atoms with E-state index in [1.165, 1.54) is 0 Å². The third-order valence-corrected chi connectivity index (χ3v) is 3.02. The zero-order valence-corrected chi connectivity index (χ0v) is 14.2. The van der Waals surface area contributed by atoms with E-state index in [9.17, 15) is 0 Å². The standard InChI is InChI=1S/C16H34O5/c1-15(2)5-8-18-9-10-19-11-12-20-13-14-21-16(3,4)6-7-17/h15,17H,5-14H2,1-4H3. The van der Waals surface area contributed by atoms with Crippen molar-refractivity contribution in [3.8, 4) is 0 Å². The van der Waals surface area contributed by atoms with Gasteiger partial charge in [-0.3, -0.25) is 0 Å². The largest absolute Gasteiger partial charge is 0.396 e. The van der Waals surface area contributed by atoms with Gasteiger partial charge in [0.1, 0.15) is 0 Å². The smallest absolute Gasteiger partial charge is 0.0707 e. The maximum Gasteiger partial charge on any atom is 0.0707 e. The van der Waals surface area contributed by atoms with Crippen molar-refractivity contribution in [2.24, 2.45) is 5.92 Å². The normalized spacial score (nSPS) is 12.3. The van der Waals surface area contributed by atoms with Crippen molar-refractivity contribution in [2.45, 2.75) is 46.1 Å². The first-order valence-corrected chi connectivity index (χ1v) is 7.96. The molecule has 0 aromatic rings. The molecule has 0 rings (SSSR count). The topological polar surface area (TPSA) is 57.2 Å². The molecule has 0 saturated heterocycles. The van der Waals surface area contributed by atoms with Gasteiger partial charge in [0.05, 0.1) is 45.2 Å². The SMILES string of the molecule is CC(C)CCOCCOCCOCCOC(C)(C)CCO. The van der Waals surface area contributed by atoms with Crippen LogP contribution in [0.3, 0.4) is 0 Å². The van der Waals surface area contributed by atoms with E-state index in [-0.39, 0.29) is 12.2 Å². The molecule has 21 heavy (non-hydrogen) atoms. The third kappa shape index (κ3) is 16.0. The van der Waals surface area contributed by atoms with Crippen LogP contribution in [0.5, 0.6) is 0 Å². The molecule has 0 aliphatic rings. The molecule has 0 aliphatic heterocycles. The maximum atomic E-state index is 8.87. The van der Waals surface area contributed by atoms with E-state index in [2.05, 4.69) is 13.8 Å². The van der Waals surface area contributed by atoms with Crippen LogP contribution in [0.2, 0.25) is 0 Å². The lowest BCUT2D eigenvalue weighted by atomic mass is 10.1. The van der Waals surface area contributed by atoms with Gasteiger partial charge < -0.3 is 24.1 Å². The molecule has 0 unspecified atom stereocenters. The summed E-state index contributed by atoms with van der Waals surface area (Å²) in [6.07, 6.45) is 1.72. The Balaban J connectivity index is 3.16. The van der Waals surface area contributed by atoms with E-state index in [4.69, 9.17) is 24.1 Å². The highest BCUT2D eigenvalue weighted by atomic mass is 16.6. The second-order valence-corrected chi connectivity index (χ2v) is 6.10. The van der Waals surface area contributed by atoms with Crippen LogP contribution in [0.15, 0.2) is 0 Å². The number of aliphatic hydroxyl groups is 1. The van der Waals surface area contributed by atoms with Crippen LogP contribution in [-0.4, -0.2) is 63.6 Å². The van der Waals surface area contributed by atoms with Crippen LogP contribution in [0.1, 0.15) is 40.5 Å². The molecule has 0 amide bonds. The monoisotopic (exact) mass is 306 g/mol. The molecule has 0 spiro atoms. The van der Waals surface area contributed by atoms with E-state index >= 15 is 0 Å². The highest BCUT2D eigenvalue weighted by Crippen LogP contribution is 2.12. The molecule has 0 fully saturated rings. The van der Waals surface area contributed by atoms with E-state index in [1.54, 1.807) is 0 Å². The number of ether oxygens (including phenoxy) is 4. The first-order valence-electron chi connectivity index (χ1n) is 7.96. The van der Waals surface area contributed by atoms with Crippen molar-refractivity contribution in [1.82, 2.24) is 0 Å². The lowest BCUT2D eigenvalue weighted by Crippen LogP contribution is -2.27. The Kier molecular flexibility index (Phi) is 13.3. The maximum absolute atomic E-state index is 8.87. The summed E-state index contributed by atoms with van der Waals surface area (Å²) in [6, 6.07) is 0. The summed E-state index contributed by atoms with van der Waals surface area (Å²) in [5, 5.41) is 8.87. The second-order valence-electron chi connectivity index (χ2n) is 6.10. The van der Waals surface area contributed by atoms with Crippen LogP contribution in [0.25, 0.3) is 0 Å². The molecule has 0 aliphatic carbocycles. The van der Waals surface area contributed by atoms with Crippen molar-refractivity contribution in [2.75, 3.05) is 52.9 Å². The van der Waals surface area contributed by atoms with Crippen LogP contribution >= 0.6 is 0 Å². The fraction of sp³-hybridized carbons (Fsp3) is 1.00. The summed E-state index contributed by atoms with van der Waals surface area (Å²) in [6.45, 7) is 12.7. The Morgan fingerprint density at radius 3 is 1.76 bits per heavy atom. The molecule has 5 nitrogen and oxygen atoms in total. The van der Waals surface area contributed by atoms with E-state index in [0.29, 0.717) is 52.0 Å². The molecule has 0 bridgehead atoms. The molecule has 128 valence electrons. The molecular weight excluding hydrogens is 272 g/mol. The van der Waals surface area contributed by atoms with E-state index in [1.807, 2.05) is 13.8 Å². The summed E-state index contributed by atoms with van der Waals surface area (Å²) < 4.78 is 21.9. The summed E-state index contributed by atoms with van der Waals surface area (Å²) >= 11 is 0. The van der Waals surface area contributed by atoms with E-state index < -0.39 is 0 Å². The van der Waals surface area contributed by atoms with Crippen molar-refractivity contribution < 1.29 is 24.1 Å². The Labute approximate surface area is 129 Å². The summed E-state index contributed by atoms with van der Waals surface area (Å²) in [7, 11) is 0. The third-order valence-electron chi connectivity index (χ3n) is 3.02. The zero-order chi connectivity index (χ0) is 16.0. The first-order chi connectivity index (χ1) is 9.98. The molecule has 1 N–H and O–H groups in total.